The largest absolute Gasteiger partial charge is 0.366 e. The van der Waals surface area contributed by atoms with E-state index >= 15 is 0 Å². The topological polar surface area (TPSA) is 38.5 Å². The molecule has 106 valence electrons. The van der Waals surface area contributed by atoms with Gasteiger partial charge in [-0.15, -0.1) is 0 Å². The Hall–Kier alpha value is -1.06. The zero-order valence-corrected chi connectivity index (χ0v) is 12.8. The van der Waals surface area contributed by atoms with Gasteiger partial charge in [-0.25, -0.2) is 0 Å². The van der Waals surface area contributed by atoms with E-state index in [1.165, 1.54) is 16.8 Å². The molecule has 0 radical (unpaired) electrons. The molecular weight excluding hydrogens is 236 g/mol. The van der Waals surface area contributed by atoms with Crippen LogP contribution in [0.4, 0.5) is 5.69 Å². The number of morpholine rings is 1. The second kappa shape index (κ2) is 4.80. The van der Waals surface area contributed by atoms with Gasteiger partial charge in [-0.2, -0.15) is 0 Å². The summed E-state index contributed by atoms with van der Waals surface area (Å²) in [6.07, 6.45) is 0. The number of nitrogens with two attached hydrogens (primary N) is 1. The van der Waals surface area contributed by atoms with Gasteiger partial charge in [-0.1, -0.05) is 12.1 Å². The first-order valence-electron chi connectivity index (χ1n) is 6.97. The van der Waals surface area contributed by atoms with Gasteiger partial charge in [0.25, 0.3) is 0 Å². The Morgan fingerprint density at radius 3 is 2.26 bits per heavy atom. The summed E-state index contributed by atoms with van der Waals surface area (Å²) in [7, 11) is 0. The molecule has 1 aliphatic heterocycles. The zero-order valence-electron chi connectivity index (χ0n) is 12.8. The number of ether oxygens (including phenoxy) is 1. The first-order chi connectivity index (χ1) is 8.72. The Morgan fingerprint density at radius 1 is 1.16 bits per heavy atom. The van der Waals surface area contributed by atoms with E-state index in [2.05, 4.69) is 57.7 Å². The summed E-state index contributed by atoms with van der Waals surface area (Å²) >= 11 is 0. The van der Waals surface area contributed by atoms with Gasteiger partial charge in [0.05, 0.1) is 11.2 Å². The predicted octanol–water partition coefficient (Wildman–Crippen LogP) is 2.85. The Morgan fingerprint density at radius 2 is 1.74 bits per heavy atom. The summed E-state index contributed by atoms with van der Waals surface area (Å²) in [6, 6.07) is 6.50. The first-order valence-corrected chi connectivity index (χ1v) is 6.97. The summed E-state index contributed by atoms with van der Waals surface area (Å²) in [4.78, 5) is 2.42. The minimum absolute atomic E-state index is 0.142. The van der Waals surface area contributed by atoms with Crippen molar-refractivity contribution in [1.82, 2.24) is 0 Å². The Balaban J connectivity index is 2.38. The third-order valence-corrected chi connectivity index (χ3v) is 3.50. The maximum atomic E-state index is 6.14. The Labute approximate surface area is 116 Å². The smallest absolute Gasteiger partial charge is 0.0808 e. The third kappa shape index (κ3) is 3.28. The van der Waals surface area contributed by atoms with Gasteiger partial charge >= 0.3 is 0 Å². The monoisotopic (exact) mass is 262 g/mol. The van der Waals surface area contributed by atoms with Crippen LogP contribution in [0.5, 0.6) is 0 Å². The van der Waals surface area contributed by atoms with Crippen LogP contribution in [-0.4, -0.2) is 24.3 Å². The molecule has 0 amide bonds. The van der Waals surface area contributed by atoms with Crippen LogP contribution in [-0.2, 0) is 11.3 Å². The van der Waals surface area contributed by atoms with Crippen molar-refractivity contribution in [2.75, 3.05) is 18.0 Å². The Kier molecular flexibility index (Phi) is 3.63. The molecule has 1 heterocycles. The highest BCUT2D eigenvalue weighted by atomic mass is 16.5. The summed E-state index contributed by atoms with van der Waals surface area (Å²) in [5.41, 5.74) is 9.34. The van der Waals surface area contributed by atoms with Crippen LogP contribution in [0.25, 0.3) is 0 Å². The van der Waals surface area contributed by atoms with E-state index in [0.717, 1.165) is 13.1 Å². The highest BCUT2D eigenvalue weighted by Crippen LogP contribution is 2.33. The number of benzene rings is 1. The molecule has 3 nitrogen and oxygen atoms in total. The molecule has 0 aliphatic carbocycles. The molecule has 19 heavy (non-hydrogen) atoms. The molecular formula is C16H26N2O. The molecule has 0 bridgehead atoms. The molecule has 0 spiro atoms. The van der Waals surface area contributed by atoms with Gasteiger partial charge in [0.1, 0.15) is 0 Å². The summed E-state index contributed by atoms with van der Waals surface area (Å²) < 4.78 is 6.14. The van der Waals surface area contributed by atoms with E-state index in [1.54, 1.807) is 0 Å². The molecule has 0 saturated carbocycles. The number of anilines is 1. The fraction of sp³-hybridized carbons (Fsp3) is 0.625. The molecule has 2 rings (SSSR count). The molecule has 1 saturated heterocycles. The fourth-order valence-electron chi connectivity index (χ4n) is 3.10. The molecule has 0 aromatic heterocycles. The SMILES string of the molecule is Cc1ccc(CN)c(N2CC(C)(C)OC(C)(C)C2)c1. The molecule has 0 atom stereocenters. The van der Waals surface area contributed by atoms with Gasteiger partial charge in [0, 0.05) is 25.3 Å². The van der Waals surface area contributed by atoms with Crippen molar-refractivity contribution in [2.45, 2.75) is 52.4 Å². The van der Waals surface area contributed by atoms with Gasteiger partial charge in [-0.3, -0.25) is 0 Å². The van der Waals surface area contributed by atoms with E-state index in [-0.39, 0.29) is 11.2 Å². The van der Waals surface area contributed by atoms with Crippen molar-refractivity contribution in [3.05, 3.63) is 29.3 Å². The van der Waals surface area contributed by atoms with Crippen LogP contribution >= 0.6 is 0 Å². The average molecular weight is 262 g/mol. The lowest BCUT2D eigenvalue weighted by Gasteiger charge is -2.48. The number of aryl methyl sites for hydroxylation is 1. The van der Waals surface area contributed by atoms with Crippen molar-refractivity contribution in [1.29, 1.82) is 0 Å². The second-order valence-corrected chi connectivity index (χ2v) is 6.81. The molecule has 2 N–H and O–H groups in total. The van der Waals surface area contributed by atoms with Crippen molar-refractivity contribution in [2.24, 2.45) is 5.73 Å². The van der Waals surface area contributed by atoms with E-state index in [4.69, 9.17) is 10.5 Å². The van der Waals surface area contributed by atoms with Crippen molar-refractivity contribution in [3.63, 3.8) is 0 Å². The second-order valence-electron chi connectivity index (χ2n) is 6.81. The molecule has 0 unspecified atom stereocenters. The lowest BCUT2D eigenvalue weighted by atomic mass is 9.97. The van der Waals surface area contributed by atoms with Gasteiger partial charge in [-0.05, 0) is 51.8 Å². The van der Waals surface area contributed by atoms with Crippen molar-refractivity contribution >= 4 is 5.69 Å². The van der Waals surface area contributed by atoms with Crippen LogP contribution in [0.3, 0.4) is 0 Å². The summed E-state index contributed by atoms with van der Waals surface area (Å²) in [6.45, 7) is 13.1. The zero-order chi connectivity index (χ0) is 14.3. The van der Waals surface area contributed by atoms with Crippen LogP contribution in [0.1, 0.15) is 38.8 Å². The normalized spacial score (nSPS) is 21.5. The van der Waals surface area contributed by atoms with Gasteiger partial charge in [0.15, 0.2) is 0 Å². The minimum atomic E-state index is -0.142. The average Bonchev–Trinajstić information content (AvgIpc) is 2.24. The first kappa shape index (κ1) is 14.4. The number of nitrogens with zero attached hydrogens (tertiary/aromatic N) is 1. The van der Waals surface area contributed by atoms with Crippen LogP contribution in [0.15, 0.2) is 18.2 Å². The van der Waals surface area contributed by atoms with Crippen molar-refractivity contribution < 1.29 is 4.74 Å². The molecule has 1 aromatic rings. The third-order valence-electron chi connectivity index (χ3n) is 3.50. The Bertz CT molecular complexity index is 450. The lowest BCUT2D eigenvalue weighted by Crippen LogP contribution is -2.57. The van der Waals surface area contributed by atoms with Crippen LogP contribution in [0, 0.1) is 6.92 Å². The fourth-order valence-corrected chi connectivity index (χ4v) is 3.10. The van der Waals surface area contributed by atoms with E-state index in [0.29, 0.717) is 6.54 Å². The van der Waals surface area contributed by atoms with Crippen molar-refractivity contribution in [3.8, 4) is 0 Å². The molecule has 1 fully saturated rings. The van der Waals surface area contributed by atoms with E-state index in [9.17, 15) is 0 Å². The lowest BCUT2D eigenvalue weighted by molar-refractivity contribution is -0.133. The summed E-state index contributed by atoms with van der Waals surface area (Å²) in [5.74, 6) is 0. The van der Waals surface area contributed by atoms with E-state index in [1.807, 2.05) is 0 Å². The number of rotatable bonds is 2. The van der Waals surface area contributed by atoms with E-state index < -0.39 is 0 Å². The number of hydrogen-bond donors (Lipinski definition) is 1. The standard InChI is InChI=1S/C16H26N2O/c1-12-6-7-13(9-17)14(8-12)18-10-15(2,3)19-16(4,5)11-18/h6-8H,9-11,17H2,1-5H3. The highest BCUT2D eigenvalue weighted by Gasteiger charge is 2.38. The minimum Gasteiger partial charge on any atom is -0.366 e. The van der Waals surface area contributed by atoms with Crippen LogP contribution in [0.2, 0.25) is 0 Å². The maximum Gasteiger partial charge on any atom is 0.0808 e. The molecule has 3 heteroatoms. The number of hydrogen-bond acceptors (Lipinski definition) is 3. The predicted molar refractivity (Wildman–Crippen MR) is 80.5 cm³/mol. The maximum absolute atomic E-state index is 6.14. The highest BCUT2D eigenvalue weighted by molar-refractivity contribution is 5.56. The van der Waals surface area contributed by atoms with Gasteiger partial charge in [0.2, 0.25) is 0 Å². The van der Waals surface area contributed by atoms with Gasteiger partial charge < -0.3 is 15.4 Å². The quantitative estimate of drug-likeness (QED) is 0.890. The summed E-state index contributed by atoms with van der Waals surface area (Å²) in [5, 5.41) is 0. The molecule has 1 aliphatic rings. The van der Waals surface area contributed by atoms with Crippen LogP contribution < -0.4 is 10.6 Å². The molecule has 1 aromatic carbocycles.